The fourth-order valence-electron chi connectivity index (χ4n) is 5.93. The van der Waals surface area contributed by atoms with E-state index >= 15 is 0 Å². The first-order valence-electron chi connectivity index (χ1n) is 14.3. The van der Waals surface area contributed by atoms with Gasteiger partial charge in [0.2, 0.25) is 5.91 Å². The summed E-state index contributed by atoms with van der Waals surface area (Å²) < 4.78 is 1.87. The highest BCUT2D eigenvalue weighted by atomic mass is 16.1. The van der Waals surface area contributed by atoms with Crippen molar-refractivity contribution in [3.63, 3.8) is 0 Å². The lowest BCUT2D eigenvalue weighted by Crippen LogP contribution is -2.50. The molecule has 214 valence electrons. The highest BCUT2D eigenvalue weighted by Crippen LogP contribution is 2.42. The van der Waals surface area contributed by atoms with Crippen molar-refractivity contribution in [2.45, 2.75) is 26.8 Å². The molecular formula is C34H37N7O. The number of pyridine rings is 1. The van der Waals surface area contributed by atoms with E-state index < -0.39 is 0 Å². The summed E-state index contributed by atoms with van der Waals surface area (Å²) in [5.41, 5.74) is 11.0. The maximum atomic E-state index is 12.2. The van der Waals surface area contributed by atoms with Gasteiger partial charge in [-0.3, -0.25) is 9.48 Å². The molecule has 6 rings (SSSR count). The fraction of sp³-hybridized carbons (Fsp3) is 0.265. The molecule has 1 amide bonds. The number of nitrogens with one attached hydrogen (secondary N) is 2. The van der Waals surface area contributed by atoms with Crippen molar-refractivity contribution >= 4 is 28.3 Å². The third-order valence-electron chi connectivity index (χ3n) is 8.63. The van der Waals surface area contributed by atoms with Gasteiger partial charge in [-0.15, -0.1) is 0 Å². The Kier molecular flexibility index (Phi) is 7.16. The van der Waals surface area contributed by atoms with Crippen LogP contribution < -0.4 is 10.2 Å². The predicted octanol–water partition coefficient (Wildman–Crippen LogP) is 6.18. The molecule has 5 aromatic rings. The number of rotatable bonds is 6. The van der Waals surface area contributed by atoms with Crippen molar-refractivity contribution in [3.8, 4) is 33.6 Å². The Bertz CT molecular complexity index is 1800. The van der Waals surface area contributed by atoms with Crippen molar-refractivity contribution in [1.29, 1.82) is 0 Å². The van der Waals surface area contributed by atoms with Crippen molar-refractivity contribution in [2.24, 2.45) is 7.05 Å². The number of hydrogen-bond acceptors (Lipinski definition) is 5. The first-order valence-corrected chi connectivity index (χ1v) is 14.3. The number of anilines is 2. The van der Waals surface area contributed by atoms with Crippen LogP contribution in [0.3, 0.4) is 0 Å². The number of carbonyl (C=O) groups excluding carboxylic acids is 1. The second-order valence-electron chi connectivity index (χ2n) is 11.3. The van der Waals surface area contributed by atoms with Crippen LogP contribution in [0, 0.1) is 13.8 Å². The molecule has 0 bridgehead atoms. The summed E-state index contributed by atoms with van der Waals surface area (Å²) in [5, 5.41) is 8.41. The lowest BCUT2D eigenvalue weighted by atomic mass is 9.94. The highest BCUT2D eigenvalue weighted by Gasteiger charge is 2.23. The van der Waals surface area contributed by atoms with E-state index in [2.05, 4.69) is 83.0 Å². The number of hydrogen-bond donors (Lipinski definition) is 2. The maximum absolute atomic E-state index is 12.2. The van der Waals surface area contributed by atoms with E-state index in [1.165, 1.54) is 11.8 Å². The van der Waals surface area contributed by atoms with Gasteiger partial charge in [-0.1, -0.05) is 30.8 Å². The number of benzene rings is 2. The van der Waals surface area contributed by atoms with Crippen LogP contribution in [0.15, 0.2) is 73.6 Å². The Hall–Kier alpha value is -4.69. The number of carbonyl (C=O) groups is 1. The van der Waals surface area contributed by atoms with Crippen LogP contribution in [-0.4, -0.2) is 63.3 Å². The maximum Gasteiger partial charge on any atom is 0.247 e. The minimum atomic E-state index is -0.237. The molecular weight excluding hydrogens is 522 g/mol. The van der Waals surface area contributed by atoms with E-state index in [1.54, 1.807) is 6.20 Å². The molecule has 1 fully saturated rings. The van der Waals surface area contributed by atoms with Crippen LogP contribution in [-0.2, 0) is 11.8 Å². The largest absolute Gasteiger partial charge is 0.369 e. The molecule has 0 aliphatic carbocycles. The number of likely N-dealkylation sites (N-methyl/N-ethyl adjacent to an activating group) is 1. The summed E-state index contributed by atoms with van der Waals surface area (Å²) in [5.74, 6) is -0.237. The second-order valence-corrected chi connectivity index (χ2v) is 11.3. The number of aryl methyl sites for hydroxylation is 3. The number of piperazine rings is 1. The van der Waals surface area contributed by atoms with Gasteiger partial charge in [0.25, 0.3) is 0 Å². The fourth-order valence-corrected chi connectivity index (χ4v) is 5.93. The summed E-state index contributed by atoms with van der Waals surface area (Å²) in [6, 6.07) is 17.5. The lowest BCUT2D eigenvalue weighted by molar-refractivity contribution is -0.111. The molecule has 0 radical (unpaired) electrons. The summed E-state index contributed by atoms with van der Waals surface area (Å²) in [4.78, 5) is 25.6. The molecule has 2 N–H and O–H groups in total. The topological polar surface area (TPSA) is 82.1 Å². The van der Waals surface area contributed by atoms with Crippen LogP contribution in [0.1, 0.15) is 18.1 Å². The minimum Gasteiger partial charge on any atom is -0.369 e. The molecule has 8 nitrogen and oxygen atoms in total. The Morgan fingerprint density at radius 1 is 1.07 bits per heavy atom. The van der Waals surface area contributed by atoms with Crippen molar-refractivity contribution < 1.29 is 4.79 Å². The zero-order chi connectivity index (χ0) is 29.5. The standard InChI is InChI=1S/C34H37N7O/c1-7-30(42)37-28-18-25(9-8-21(28)2)32-31-23(4)27(29-14-15-36-40(29)6)19-35-34(31)38-33(32)24-10-12-26(13-11-24)41-17-16-39(5)22(3)20-41/h7-15,18-19,22H,1,16-17,20H2,2-6H3,(H,35,38)(H,37,42)/t22-/m1/s1. The molecule has 1 aliphatic heterocycles. The molecule has 3 aromatic heterocycles. The van der Waals surface area contributed by atoms with Gasteiger partial charge in [0.15, 0.2) is 0 Å². The molecule has 0 unspecified atom stereocenters. The van der Waals surface area contributed by atoms with E-state index in [0.29, 0.717) is 6.04 Å². The molecule has 8 heteroatoms. The first kappa shape index (κ1) is 27.5. The van der Waals surface area contributed by atoms with E-state index in [0.717, 1.165) is 81.1 Å². The summed E-state index contributed by atoms with van der Waals surface area (Å²) in [6.07, 6.45) is 5.01. The Balaban J connectivity index is 1.52. The molecule has 1 saturated heterocycles. The zero-order valence-electron chi connectivity index (χ0n) is 24.9. The van der Waals surface area contributed by atoms with Gasteiger partial charge >= 0.3 is 0 Å². The van der Waals surface area contributed by atoms with Gasteiger partial charge in [0.1, 0.15) is 5.65 Å². The number of amides is 1. The summed E-state index contributed by atoms with van der Waals surface area (Å²) >= 11 is 0. The van der Waals surface area contributed by atoms with Gasteiger partial charge in [0.05, 0.1) is 11.4 Å². The predicted molar refractivity (Wildman–Crippen MR) is 172 cm³/mol. The average molecular weight is 560 g/mol. The summed E-state index contributed by atoms with van der Waals surface area (Å²) in [7, 11) is 4.14. The van der Waals surface area contributed by atoms with Crippen LogP contribution in [0.2, 0.25) is 0 Å². The van der Waals surface area contributed by atoms with Crippen LogP contribution in [0.5, 0.6) is 0 Å². The van der Waals surface area contributed by atoms with Gasteiger partial charge in [-0.05, 0) is 80.4 Å². The van der Waals surface area contributed by atoms with E-state index in [4.69, 9.17) is 4.98 Å². The molecule has 0 saturated carbocycles. The van der Waals surface area contributed by atoms with Crippen molar-refractivity contribution in [2.75, 3.05) is 36.9 Å². The number of fused-ring (bicyclic) bond motifs is 1. The molecule has 4 heterocycles. The monoisotopic (exact) mass is 559 g/mol. The number of aromatic nitrogens is 4. The third-order valence-corrected chi connectivity index (χ3v) is 8.63. The molecule has 2 aromatic carbocycles. The van der Waals surface area contributed by atoms with Crippen molar-refractivity contribution in [1.82, 2.24) is 24.6 Å². The molecule has 1 atom stereocenters. The minimum absolute atomic E-state index is 0.237. The van der Waals surface area contributed by atoms with Gasteiger partial charge in [-0.25, -0.2) is 4.98 Å². The Morgan fingerprint density at radius 2 is 1.83 bits per heavy atom. The average Bonchev–Trinajstić information content (AvgIpc) is 3.60. The van der Waals surface area contributed by atoms with Crippen LogP contribution in [0.4, 0.5) is 11.4 Å². The van der Waals surface area contributed by atoms with E-state index in [9.17, 15) is 4.79 Å². The smallest absolute Gasteiger partial charge is 0.247 e. The first-order chi connectivity index (χ1) is 20.2. The van der Waals surface area contributed by atoms with Crippen molar-refractivity contribution in [3.05, 3.63) is 84.7 Å². The van der Waals surface area contributed by atoms with Gasteiger partial charge < -0.3 is 20.1 Å². The Morgan fingerprint density at radius 3 is 2.52 bits per heavy atom. The Labute approximate surface area is 246 Å². The number of nitrogens with zero attached hydrogens (tertiary/aromatic N) is 5. The number of aromatic amines is 1. The lowest BCUT2D eigenvalue weighted by Gasteiger charge is -2.39. The second kappa shape index (κ2) is 10.9. The molecule has 0 spiro atoms. The van der Waals surface area contributed by atoms with Crippen LogP contribution in [0.25, 0.3) is 44.7 Å². The normalized spacial score (nSPS) is 15.7. The third kappa shape index (κ3) is 4.88. The highest BCUT2D eigenvalue weighted by molar-refractivity contribution is 6.07. The van der Waals surface area contributed by atoms with Gasteiger partial charge in [0, 0.05) is 73.0 Å². The molecule has 1 aliphatic rings. The molecule has 42 heavy (non-hydrogen) atoms. The summed E-state index contributed by atoms with van der Waals surface area (Å²) in [6.45, 7) is 13.1. The van der Waals surface area contributed by atoms with E-state index in [1.807, 2.05) is 43.0 Å². The van der Waals surface area contributed by atoms with Crippen LogP contribution >= 0.6 is 0 Å². The quantitative estimate of drug-likeness (QED) is 0.243. The van der Waals surface area contributed by atoms with Gasteiger partial charge in [-0.2, -0.15) is 5.10 Å². The zero-order valence-corrected chi connectivity index (χ0v) is 24.9. The number of H-pyrrole nitrogens is 1. The SMILES string of the molecule is C=CC(=O)Nc1cc(-c2c(-c3ccc(N4CCN(C)[C@H](C)C4)cc3)[nH]c3ncc(-c4ccnn4C)c(C)c23)ccc1C. The van der Waals surface area contributed by atoms with E-state index in [-0.39, 0.29) is 5.91 Å².